The van der Waals surface area contributed by atoms with E-state index in [4.69, 9.17) is 9.47 Å². The van der Waals surface area contributed by atoms with E-state index in [2.05, 4.69) is 21.2 Å². The highest BCUT2D eigenvalue weighted by Gasteiger charge is 2.16. The van der Waals surface area contributed by atoms with Crippen LogP contribution in [-0.2, 0) is 9.53 Å². The molecule has 1 atom stereocenters. The van der Waals surface area contributed by atoms with Crippen molar-refractivity contribution < 1.29 is 14.3 Å². The third-order valence-corrected chi connectivity index (χ3v) is 5.53. The second kappa shape index (κ2) is 10.00. The summed E-state index contributed by atoms with van der Waals surface area (Å²) in [5.41, 5.74) is 0.758. The number of carbonyl (C=O) groups is 1. The number of anilines is 1. The van der Waals surface area contributed by atoms with Crippen LogP contribution in [0.3, 0.4) is 0 Å². The van der Waals surface area contributed by atoms with Gasteiger partial charge in [-0.3, -0.25) is 4.79 Å². The summed E-state index contributed by atoms with van der Waals surface area (Å²) in [6.45, 7) is 1.38. The van der Waals surface area contributed by atoms with E-state index in [1.54, 1.807) is 11.8 Å². The van der Waals surface area contributed by atoms with Crippen molar-refractivity contribution >= 4 is 39.3 Å². The van der Waals surface area contributed by atoms with Crippen LogP contribution in [0.2, 0.25) is 0 Å². The van der Waals surface area contributed by atoms with Crippen LogP contribution in [0.15, 0.2) is 57.9 Å². The molecule has 6 heteroatoms. The predicted molar refractivity (Wildman–Crippen MR) is 109 cm³/mol. The Kier molecular flexibility index (Phi) is 7.41. The van der Waals surface area contributed by atoms with Crippen molar-refractivity contribution in [1.82, 2.24) is 0 Å². The molecule has 0 radical (unpaired) electrons. The van der Waals surface area contributed by atoms with Gasteiger partial charge in [-0.05, 0) is 49.2 Å². The topological polar surface area (TPSA) is 47.6 Å². The average molecular weight is 436 g/mol. The van der Waals surface area contributed by atoms with Crippen LogP contribution in [0.5, 0.6) is 5.75 Å². The van der Waals surface area contributed by atoms with Crippen molar-refractivity contribution in [3.8, 4) is 5.75 Å². The fourth-order valence-electron chi connectivity index (χ4n) is 2.64. The Balaban J connectivity index is 1.41. The first-order chi connectivity index (χ1) is 12.7. The molecule has 1 N–H and O–H groups in total. The monoisotopic (exact) mass is 435 g/mol. The van der Waals surface area contributed by atoms with Gasteiger partial charge in [0.25, 0.3) is 0 Å². The van der Waals surface area contributed by atoms with E-state index in [0.29, 0.717) is 13.0 Å². The number of nitrogens with one attached hydrogen (secondary N) is 1. The highest BCUT2D eigenvalue weighted by Crippen LogP contribution is 2.22. The number of rotatable bonds is 8. The zero-order valence-electron chi connectivity index (χ0n) is 14.4. The van der Waals surface area contributed by atoms with Crippen LogP contribution in [0, 0.1) is 0 Å². The molecule has 1 heterocycles. The first-order valence-electron chi connectivity index (χ1n) is 8.72. The van der Waals surface area contributed by atoms with Crippen LogP contribution in [0.25, 0.3) is 0 Å². The molecule has 0 aromatic heterocycles. The summed E-state index contributed by atoms with van der Waals surface area (Å²) in [4.78, 5) is 13.3. The summed E-state index contributed by atoms with van der Waals surface area (Å²) in [5.74, 6) is 1.50. The molecule has 26 heavy (non-hydrogen) atoms. The number of hydrogen-bond acceptors (Lipinski definition) is 4. The van der Waals surface area contributed by atoms with Crippen LogP contribution >= 0.6 is 27.7 Å². The zero-order valence-corrected chi connectivity index (χ0v) is 16.9. The molecule has 1 unspecified atom stereocenters. The van der Waals surface area contributed by atoms with Gasteiger partial charge in [0.05, 0.1) is 6.10 Å². The van der Waals surface area contributed by atoms with Crippen molar-refractivity contribution in [2.24, 2.45) is 0 Å². The van der Waals surface area contributed by atoms with Crippen molar-refractivity contribution in [2.75, 3.05) is 24.3 Å². The summed E-state index contributed by atoms with van der Waals surface area (Å²) in [5, 5.41) is 2.93. The van der Waals surface area contributed by atoms with Gasteiger partial charge in [-0.2, -0.15) is 0 Å². The van der Waals surface area contributed by atoms with Crippen LogP contribution < -0.4 is 10.1 Å². The van der Waals surface area contributed by atoms with Gasteiger partial charge >= 0.3 is 0 Å². The van der Waals surface area contributed by atoms with Gasteiger partial charge in [0.15, 0.2) is 0 Å². The summed E-state index contributed by atoms with van der Waals surface area (Å²) < 4.78 is 12.4. The Hall–Kier alpha value is -1.50. The van der Waals surface area contributed by atoms with Gasteiger partial charge in [0.1, 0.15) is 12.4 Å². The lowest BCUT2D eigenvalue weighted by molar-refractivity contribution is -0.115. The maximum absolute atomic E-state index is 12.1. The van der Waals surface area contributed by atoms with E-state index in [9.17, 15) is 4.79 Å². The van der Waals surface area contributed by atoms with Gasteiger partial charge in [-0.15, -0.1) is 11.8 Å². The molecule has 0 aliphatic carbocycles. The van der Waals surface area contributed by atoms with Gasteiger partial charge in [-0.25, -0.2) is 0 Å². The molecule has 138 valence electrons. The number of halogens is 1. The van der Waals surface area contributed by atoms with E-state index < -0.39 is 0 Å². The van der Waals surface area contributed by atoms with E-state index in [1.807, 2.05) is 48.5 Å². The predicted octanol–water partition coefficient (Wildman–Crippen LogP) is 5.13. The molecular weight excluding hydrogens is 414 g/mol. The first kappa shape index (κ1) is 19.3. The number of amides is 1. The third-order valence-electron chi connectivity index (χ3n) is 3.99. The van der Waals surface area contributed by atoms with Crippen LogP contribution in [-0.4, -0.2) is 31.0 Å². The maximum atomic E-state index is 12.1. The molecule has 0 spiro atoms. The molecule has 0 saturated carbocycles. The average Bonchev–Trinajstić information content (AvgIpc) is 3.16. The molecule has 1 saturated heterocycles. The third kappa shape index (κ3) is 6.34. The Morgan fingerprint density at radius 3 is 2.88 bits per heavy atom. The molecule has 1 amide bonds. The quantitative estimate of drug-likeness (QED) is 0.583. The van der Waals surface area contributed by atoms with Gasteiger partial charge in [0.2, 0.25) is 5.91 Å². The van der Waals surface area contributed by atoms with E-state index in [-0.39, 0.29) is 12.0 Å². The molecule has 1 fully saturated rings. The highest BCUT2D eigenvalue weighted by molar-refractivity contribution is 9.10. The molecular formula is C20H22BrNO3S. The minimum absolute atomic E-state index is 0.00545. The highest BCUT2D eigenvalue weighted by atomic mass is 79.9. The van der Waals surface area contributed by atoms with Crippen molar-refractivity contribution in [3.05, 3.63) is 53.0 Å². The van der Waals surface area contributed by atoms with Gasteiger partial charge in [0, 0.05) is 39.9 Å². The van der Waals surface area contributed by atoms with Gasteiger partial charge in [-0.1, -0.05) is 22.0 Å². The normalized spacial score (nSPS) is 16.4. The minimum atomic E-state index is 0.00545. The lowest BCUT2D eigenvalue weighted by atomic mass is 10.2. The Morgan fingerprint density at radius 2 is 2.12 bits per heavy atom. The van der Waals surface area contributed by atoms with E-state index in [0.717, 1.165) is 46.0 Å². The largest absolute Gasteiger partial charge is 0.491 e. The summed E-state index contributed by atoms with van der Waals surface area (Å²) >= 11 is 5.09. The number of ether oxygens (including phenoxy) is 2. The van der Waals surface area contributed by atoms with Crippen molar-refractivity contribution in [1.29, 1.82) is 0 Å². The summed E-state index contributed by atoms with van der Waals surface area (Å²) in [6.07, 6.45) is 2.79. The van der Waals surface area contributed by atoms with Crippen molar-refractivity contribution in [2.45, 2.75) is 30.3 Å². The molecule has 1 aliphatic rings. The lowest BCUT2D eigenvalue weighted by Gasteiger charge is -2.12. The number of benzene rings is 2. The molecule has 1 aliphatic heterocycles. The minimum Gasteiger partial charge on any atom is -0.491 e. The second-order valence-corrected chi connectivity index (χ2v) is 8.16. The Morgan fingerprint density at radius 1 is 1.27 bits per heavy atom. The lowest BCUT2D eigenvalue weighted by Crippen LogP contribution is -2.16. The molecule has 2 aromatic rings. The SMILES string of the molecule is O=C(CCSc1ccc(Br)cc1)Nc1cccc(OCC2CCCO2)c1. The fraction of sp³-hybridized carbons (Fsp3) is 0.350. The molecule has 0 bridgehead atoms. The standard InChI is InChI=1S/C20H22BrNO3S/c21-15-6-8-19(9-7-15)26-12-10-20(23)22-16-3-1-4-17(13-16)25-14-18-5-2-11-24-18/h1,3-4,6-9,13,18H,2,5,10-12,14H2,(H,22,23). The summed E-state index contributed by atoms with van der Waals surface area (Å²) in [6, 6.07) is 15.6. The molecule has 3 rings (SSSR count). The smallest absolute Gasteiger partial charge is 0.225 e. The first-order valence-corrected chi connectivity index (χ1v) is 10.5. The number of hydrogen-bond donors (Lipinski definition) is 1. The number of thioether (sulfide) groups is 1. The van der Waals surface area contributed by atoms with Crippen molar-refractivity contribution in [3.63, 3.8) is 0 Å². The fourth-order valence-corrected chi connectivity index (χ4v) is 3.76. The van der Waals surface area contributed by atoms with E-state index >= 15 is 0 Å². The van der Waals surface area contributed by atoms with Crippen LogP contribution in [0.4, 0.5) is 5.69 Å². The maximum Gasteiger partial charge on any atom is 0.225 e. The summed E-state index contributed by atoms with van der Waals surface area (Å²) in [7, 11) is 0. The van der Waals surface area contributed by atoms with Crippen LogP contribution in [0.1, 0.15) is 19.3 Å². The number of carbonyl (C=O) groups excluding carboxylic acids is 1. The zero-order chi connectivity index (χ0) is 18.2. The Labute approximate surface area is 166 Å². The van der Waals surface area contributed by atoms with E-state index in [1.165, 1.54) is 0 Å². The molecule has 2 aromatic carbocycles. The molecule has 4 nitrogen and oxygen atoms in total. The van der Waals surface area contributed by atoms with Gasteiger partial charge < -0.3 is 14.8 Å². The Bertz CT molecular complexity index is 717. The second-order valence-electron chi connectivity index (χ2n) is 6.07.